The molecule has 2 heteroatoms. The first-order valence-corrected chi connectivity index (χ1v) is 2.92. The van der Waals surface area contributed by atoms with Gasteiger partial charge in [0.1, 0.15) is 0 Å². The molecule has 0 unspecified atom stereocenters. The Bertz CT molecular complexity index is 166. The first kappa shape index (κ1) is 8.69. The zero-order valence-corrected chi connectivity index (χ0v) is 5.91. The van der Waals surface area contributed by atoms with Gasteiger partial charge in [0.2, 0.25) is 0 Å². The van der Waals surface area contributed by atoms with E-state index < -0.39 is 5.97 Å². The molecule has 0 saturated carbocycles. The van der Waals surface area contributed by atoms with Gasteiger partial charge in [0, 0.05) is 6.08 Å². The molecule has 0 atom stereocenters. The average Bonchev–Trinajstić information content (AvgIpc) is 1.89. The lowest BCUT2D eigenvalue weighted by atomic mass is 10.4. The van der Waals surface area contributed by atoms with E-state index in [1.54, 1.807) is 12.2 Å². The minimum absolute atomic E-state index is 0.409. The molecule has 0 aromatic rings. The first-order valence-electron chi connectivity index (χ1n) is 2.92. The number of carbonyl (C=O) groups is 1. The van der Waals surface area contributed by atoms with Gasteiger partial charge in [-0.1, -0.05) is 24.8 Å². The van der Waals surface area contributed by atoms with Crippen molar-refractivity contribution in [2.75, 3.05) is 0 Å². The normalized spacial score (nSPS) is 10.5. The minimum Gasteiger partial charge on any atom is -0.432 e. The standard InChI is InChI=1S/C8H10O2/c1-3-5-6-7-8(9)10-4-2/h3-7H,2H2,1H3/b5-3+,7-6+. The average molecular weight is 138 g/mol. The molecule has 10 heavy (non-hydrogen) atoms. The van der Waals surface area contributed by atoms with Crippen LogP contribution in [0.3, 0.4) is 0 Å². The third kappa shape index (κ3) is 4.84. The van der Waals surface area contributed by atoms with Gasteiger partial charge in [-0.25, -0.2) is 4.79 Å². The van der Waals surface area contributed by atoms with E-state index in [2.05, 4.69) is 11.3 Å². The van der Waals surface area contributed by atoms with Crippen molar-refractivity contribution in [3.8, 4) is 0 Å². The van der Waals surface area contributed by atoms with Crippen LogP contribution in [-0.2, 0) is 9.53 Å². The maximum absolute atomic E-state index is 10.5. The van der Waals surface area contributed by atoms with Gasteiger partial charge >= 0.3 is 5.97 Å². The second kappa shape index (κ2) is 5.82. The number of ether oxygens (including phenoxy) is 1. The Morgan fingerprint density at radius 3 is 2.70 bits per heavy atom. The molecule has 0 aliphatic carbocycles. The highest BCUT2D eigenvalue weighted by atomic mass is 16.5. The molecule has 0 rings (SSSR count). The molecule has 2 nitrogen and oxygen atoms in total. The molecule has 0 aliphatic heterocycles. The summed E-state index contributed by atoms with van der Waals surface area (Å²) in [6.07, 6.45) is 7.58. The molecule has 0 fully saturated rings. The van der Waals surface area contributed by atoms with Crippen LogP contribution in [-0.4, -0.2) is 5.97 Å². The lowest BCUT2D eigenvalue weighted by Crippen LogP contribution is -1.91. The van der Waals surface area contributed by atoms with Crippen LogP contribution in [0.5, 0.6) is 0 Å². The van der Waals surface area contributed by atoms with E-state index in [1.165, 1.54) is 6.08 Å². The Hall–Kier alpha value is -1.31. The maximum atomic E-state index is 10.5. The van der Waals surface area contributed by atoms with Crippen molar-refractivity contribution in [2.45, 2.75) is 6.92 Å². The topological polar surface area (TPSA) is 26.3 Å². The van der Waals surface area contributed by atoms with Crippen LogP contribution in [0, 0.1) is 0 Å². The van der Waals surface area contributed by atoms with Crippen molar-refractivity contribution in [3.63, 3.8) is 0 Å². The van der Waals surface area contributed by atoms with E-state index in [4.69, 9.17) is 0 Å². The third-order valence-electron chi connectivity index (χ3n) is 0.735. The molecule has 0 aromatic heterocycles. The maximum Gasteiger partial charge on any atom is 0.335 e. The zero-order chi connectivity index (χ0) is 7.82. The number of hydrogen-bond acceptors (Lipinski definition) is 2. The molecule has 0 N–H and O–H groups in total. The Kier molecular flexibility index (Phi) is 5.06. The summed E-state index contributed by atoms with van der Waals surface area (Å²) in [4.78, 5) is 10.5. The van der Waals surface area contributed by atoms with Gasteiger partial charge in [0.05, 0.1) is 6.26 Å². The molecule has 0 radical (unpaired) electrons. The number of rotatable bonds is 3. The lowest BCUT2D eigenvalue weighted by Gasteiger charge is -1.86. The van der Waals surface area contributed by atoms with Crippen molar-refractivity contribution in [1.29, 1.82) is 0 Å². The second-order valence-corrected chi connectivity index (χ2v) is 1.49. The van der Waals surface area contributed by atoms with Gasteiger partial charge in [0.25, 0.3) is 0 Å². The van der Waals surface area contributed by atoms with Gasteiger partial charge < -0.3 is 4.74 Å². The van der Waals surface area contributed by atoms with Crippen molar-refractivity contribution in [3.05, 3.63) is 37.1 Å². The van der Waals surface area contributed by atoms with Crippen LogP contribution >= 0.6 is 0 Å². The predicted octanol–water partition coefficient (Wildman–Crippen LogP) is 1.81. The fourth-order valence-corrected chi connectivity index (χ4v) is 0.367. The molecule has 0 heterocycles. The van der Waals surface area contributed by atoms with Gasteiger partial charge in [-0.15, -0.1) is 0 Å². The lowest BCUT2D eigenvalue weighted by molar-refractivity contribution is -0.132. The van der Waals surface area contributed by atoms with Crippen LogP contribution in [0.4, 0.5) is 0 Å². The van der Waals surface area contributed by atoms with E-state index in [0.29, 0.717) is 0 Å². The quantitative estimate of drug-likeness (QED) is 0.257. The molecule has 0 saturated heterocycles. The fraction of sp³-hybridized carbons (Fsp3) is 0.125. The number of allylic oxidation sites excluding steroid dienone is 3. The van der Waals surface area contributed by atoms with Crippen LogP contribution in [0.2, 0.25) is 0 Å². The van der Waals surface area contributed by atoms with Gasteiger partial charge in [-0.3, -0.25) is 0 Å². The highest BCUT2D eigenvalue weighted by molar-refractivity contribution is 5.82. The zero-order valence-electron chi connectivity index (χ0n) is 5.91. The summed E-state index contributed by atoms with van der Waals surface area (Å²) in [5, 5.41) is 0. The van der Waals surface area contributed by atoms with E-state index in [-0.39, 0.29) is 0 Å². The number of hydrogen-bond donors (Lipinski definition) is 0. The largest absolute Gasteiger partial charge is 0.432 e. The number of esters is 1. The summed E-state index contributed by atoms with van der Waals surface area (Å²) in [5.41, 5.74) is 0. The van der Waals surface area contributed by atoms with Crippen molar-refractivity contribution >= 4 is 5.97 Å². The molecule has 0 aliphatic rings. The molecule has 54 valence electrons. The summed E-state index contributed by atoms with van der Waals surface area (Å²) < 4.78 is 4.39. The monoisotopic (exact) mass is 138 g/mol. The van der Waals surface area contributed by atoms with Crippen molar-refractivity contribution < 1.29 is 9.53 Å². The Morgan fingerprint density at radius 1 is 1.50 bits per heavy atom. The Labute approximate surface area is 60.5 Å². The van der Waals surface area contributed by atoms with Gasteiger partial charge in [-0.2, -0.15) is 0 Å². The second-order valence-electron chi connectivity index (χ2n) is 1.49. The van der Waals surface area contributed by atoms with Crippen LogP contribution in [0.25, 0.3) is 0 Å². The summed E-state index contributed by atoms with van der Waals surface area (Å²) in [5.74, 6) is -0.409. The van der Waals surface area contributed by atoms with E-state index in [1.807, 2.05) is 13.0 Å². The Morgan fingerprint density at radius 2 is 2.20 bits per heavy atom. The Balaban J connectivity index is 3.66. The predicted molar refractivity (Wildman–Crippen MR) is 40.2 cm³/mol. The summed E-state index contributed by atoms with van der Waals surface area (Å²) in [7, 11) is 0. The van der Waals surface area contributed by atoms with Gasteiger partial charge in [0.15, 0.2) is 0 Å². The van der Waals surface area contributed by atoms with E-state index in [0.717, 1.165) is 6.26 Å². The molecular formula is C8H10O2. The van der Waals surface area contributed by atoms with Crippen LogP contribution in [0.15, 0.2) is 37.1 Å². The van der Waals surface area contributed by atoms with Crippen molar-refractivity contribution in [1.82, 2.24) is 0 Å². The SMILES string of the molecule is C=COC(=O)/C=C/C=C/C. The fourth-order valence-electron chi connectivity index (χ4n) is 0.367. The van der Waals surface area contributed by atoms with Crippen LogP contribution < -0.4 is 0 Å². The summed E-state index contributed by atoms with van der Waals surface area (Å²) in [6.45, 7) is 5.10. The minimum atomic E-state index is -0.409. The molecular weight excluding hydrogens is 128 g/mol. The van der Waals surface area contributed by atoms with Crippen molar-refractivity contribution in [2.24, 2.45) is 0 Å². The summed E-state index contributed by atoms with van der Waals surface area (Å²) in [6, 6.07) is 0. The summed E-state index contributed by atoms with van der Waals surface area (Å²) >= 11 is 0. The number of carbonyl (C=O) groups excluding carboxylic acids is 1. The van der Waals surface area contributed by atoms with Crippen LogP contribution in [0.1, 0.15) is 6.92 Å². The molecule has 0 bridgehead atoms. The van der Waals surface area contributed by atoms with Gasteiger partial charge in [-0.05, 0) is 6.92 Å². The van der Waals surface area contributed by atoms with E-state index >= 15 is 0 Å². The molecule has 0 spiro atoms. The van der Waals surface area contributed by atoms with E-state index in [9.17, 15) is 4.79 Å². The molecule has 0 amide bonds. The highest BCUT2D eigenvalue weighted by Gasteiger charge is 1.87. The smallest absolute Gasteiger partial charge is 0.335 e. The third-order valence-corrected chi connectivity index (χ3v) is 0.735. The first-order chi connectivity index (χ1) is 4.81. The highest BCUT2D eigenvalue weighted by Crippen LogP contribution is 1.82. The molecule has 0 aromatic carbocycles.